The van der Waals surface area contributed by atoms with E-state index in [0.29, 0.717) is 17.1 Å². The zero-order chi connectivity index (χ0) is 12.4. The number of hydrogen-bond donors (Lipinski definition) is 2. The molecule has 0 saturated carbocycles. The molecule has 1 saturated heterocycles. The third-order valence-corrected chi connectivity index (χ3v) is 4.46. The number of aryl methyl sites for hydroxylation is 2. The van der Waals surface area contributed by atoms with Crippen molar-refractivity contribution in [2.45, 2.75) is 32.7 Å². The van der Waals surface area contributed by atoms with E-state index in [0.717, 1.165) is 24.2 Å². The maximum absolute atomic E-state index is 12.1. The maximum Gasteiger partial charge on any atom is 0.255 e. The molecule has 1 aliphatic heterocycles. The average Bonchev–Trinajstić information content (AvgIpc) is 2.62. The number of rotatable bonds is 2. The van der Waals surface area contributed by atoms with E-state index in [2.05, 4.69) is 15.5 Å². The van der Waals surface area contributed by atoms with Crippen LogP contribution in [0.1, 0.15) is 34.6 Å². The van der Waals surface area contributed by atoms with Gasteiger partial charge in [0.25, 0.3) is 5.91 Å². The number of aromatic nitrogens is 2. The molecule has 2 heterocycles. The van der Waals surface area contributed by atoms with Gasteiger partial charge in [0, 0.05) is 34.0 Å². The molecule has 0 bridgehead atoms. The van der Waals surface area contributed by atoms with Crippen LogP contribution in [0.3, 0.4) is 0 Å². The number of H-pyrrole nitrogens is 1. The monoisotopic (exact) mass is 255 g/mol. The summed E-state index contributed by atoms with van der Waals surface area (Å²) in [6, 6.07) is 0.147. The van der Waals surface area contributed by atoms with Gasteiger partial charge in [-0.1, -0.05) is 0 Å². The van der Waals surface area contributed by atoms with Crippen LogP contribution in [0, 0.1) is 13.8 Å². The largest absolute Gasteiger partial charge is 0.349 e. The molecule has 1 fully saturated rings. The summed E-state index contributed by atoms with van der Waals surface area (Å²) >= 11 is 0. The summed E-state index contributed by atoms with van der Waals surface area (Å²) in [5.41, 5.74) is 2.15. The van der Waals surface area contributed by atoms with E-state index in [1.165, 1.54) is 0 Å². The van der Waals surface area contributed by atoms with Gasteiger partial charge in [-0.3, -0.25) is 14.1 Å². The Labute approximate surface area is 103 Å². The Balaban J connectivity index is 2.00. The van der Waals surface area contributed by atoms with Gasteiger partial charge in [-0.05, 0) is 26.7 Å². The van der Waals surface area contributed by atoms with E-state index in [-0.39, 0.29) is 11.9 Å². The number of aromatic amines is 1. The van der Waals surface area contributed by atoms with Crippen LogP contribution in [-0.2, 0) is 10.8 Å². The Morgan fingerprint density at radius 1 is 1.41 bits per heavy atom. The van der Waals surface area contributed by atoms with Gasteiger partial charge < -0.3 is 5.32 Å². The van der Waals surface area contributed by atoms with Crippen LogP contribution < -0.4 is 5.32 Å². The van der Waals surface area contributed by atoms with Gasteiger partial charge in [-0.25, -0.2) is 0 Å². The molecule has 0 aliphatic carbocycles. The molecule has 0 unspecified atom stereocenters. The lowest BCUT2D eigenvalue weighted by Crippen LogP contribution is -2.39. The number of carbonyl (C=O) groups excluding carboxylic acids is 1. The molecule has 0 aromatic carbocycles. The lowest BCUT2D eigenvalue weighted by Gasteiger charge is -2.22. The molecule has 2 N–H and O–H groups in total. The first-order valence-corrected chi connectivity index (χ1v) is 7.24. The maximum atomic E-state index is 12.1. The first kappa shape index (κ1) is 12.3. The van der Waals surface area contributed by atoms with Crippen molar-refractivity contribution in [2.24, 2.45) is 0 Å². The van der Waals surface area contributed by atoms with Crippen LogP contribution in [-0.4, -0.2) is 37.9 Å². The number of nitrogens with one attached hydrogen (secondary N) is 2. The second kappa shape index (κ2) is 5.00. The summed E-state index contributed by atoms with van der Waals surface area (Å²) in [6.45, 7) is 3.65. The SMILES string of the molecule is Cc1n[nH]c(C)c1C(=O)NC1CCS(=O)CC1. The highest BCUT2D eigenvalue weighted by atomic mass is 32.2. The lowest BCUT2D eigenvalue weighted by atomic mass is 10.1. The van der Waals surface area contributed by atoms with Crippen LogP contribution in [0.5, 0.6) is 0 Å². The molecule has 94 valence electrons. The van der Waals surface area contributed by atoms with Gasteiger partial charge in [0.05, 0.1) is 11.3 Å². The summed E-state index contributed by atoms with van der Waals surface area (Å²) in [5, 5.41) is 9.80. The normalized spacial score (nSPS) is 24.6. The molecule has 1 aliphatic rings. The fourth-order valence-electron chi connectivity index (χ4n) is 2.08. The van der Waals surface area contributed by atoms with E-state index in [4.69, 9.17) is 0 Å². The van der Waals surface area contributed by atoms with Crippen molar-refractivity contribution in [3.8, 4) is 0 Å². The number of amides is 1. The van der Waals surface area contributed by atoms with Gasteiger partial charge in [-0.2, -0.15) is 5.10 Å². The van der Waals surface area contributed by atoms with E-state index in [1.807, 2.05) is 13.8 Å². The van der Waals surface area contributed by atoms with Gasteiger partial charge in [0.2, 0.25) is 0 Å². The first-order valence-electron chi connectivity index (χ1n) is 5.75. The highest BCUT2D eigenvalue weighted by Gasteiger charge is 2.22. The van der Waals surface area contributed by atoms with Gasteiger partial charge in [0.1, 0.15) is 0 Å². The summed E-state index contributed by atoms with van der Waals surface area (Å²) in [5.74, 6) is 1.30. The third-order valence-electron chi connectivity index (χ3n) is 3.08. The van der Waals surface area contributed by atoms with E-state index in [1.54, 1.807) is 0 Å². The molecule has 0 atom stereocenters. The fourth-order valence-corrected chi connectivity index (χ4v) is 3.38. The predicted molar refractivity (Wildman–Crippen MR) is 66.4 cm³/mol. The van der Waals surface area contributed by atoms with Crippen molar-refractivity contribution >= 4 is 16.7 Å². The van der Waals surface area contributed by atoms with Crippen molar-refractivity contribution < 1.29 is 9.00 Å². The molecule has 17 heavy (non-hydrogen) atoms. The van der Waals surface area contributed by atoms with E-state index in [9.17, 15) is 9.00 Å². The fraction of sp³-hybridized carbons (Fsp3) is 0.636. The molecule has 1 amide bonds. The minimum Gasteiger partial charge on any atom is -0.349 e. The second-order valence-corrected chi connectivity index (χ2v) is 6.10. The highest BCUT2D eigenvalue weighted by Crippen LogP contribution is 2.13. The lowest BCUT2D eigenvalue weighted by molar-refractivity contribution is 0.0933. The summed E-state index contributed by atoms with van der Waals surface area (Å²) in [7, 11) is -0.691. The molecule has 1 aromatic heterocycles. The smallest absolute Gasteiger partial charge is 0.255 e. The Kier molecular flexibility index (Phi) is 3.61. The minimum absolute atomic E-state index is 0.0774. The van der Waals surface area contributed by atoms with Gasteiger partial charge >= 0.3 is 0 Å². The van der Waals surface area contributed by atoms with Crippen molar-refractivity contribution in [3.63, 3.8) is 0 Å². The molecule has 5 nitrogen and oxygen atoms in total. The molecule has 0 radical (unpaired) electrons. The van der Waals surface area contributed by atoms with E-state index >= 15 is 0 Å². The summed E-state index contributed by atoms with van der Waals surface area (Å²) in [6.07, 6.45) is 1.60. The summed E-state index contributed by atoms with van der Waals surface area (Å²) < 4.78 is 11.2. The number of carbonyl (C=O) groups is 1. The molecule has 6 heteroatoms. The van der Waals surface area contributed by atoms with Crippen LogP contribution in [0.4, 0.5) is 0 Å². The minimum atomic E-state index is -0.691. The van der Waals surface area contributed by atoms with Gasteiger partial charge in [-0.15, -0.1) is 0 Å². The van der Waals surface area contributed by atoms with Crippen molar-refractivity contribution in [1.29, 1.82) is 0 Å². The zero-order valence-corrected chi connectivity index (χ0v) is 10.9. The Morgan fingerprint density at radius 2 is 2.06 bits per heavy atom. The predicted octanol–water partition coefficient (Wildman–Crippen LogP) is 0.667. The summed E-state index contributed by atoms with van der Waals surface area (Å²) in [4.78, 5) is 12.1. The molecule has 1 aromatic rings. The average molecular weight is 255 g/mol. The molecular weight excluding hydrogens is 238 g/mol. The Hall–Kier alpha value is -1.17. The Bertz CT molecular complexity index is 426. The quantitative estimate of drug-likeness (QED) is 0.815. The highest BCUT2D eigenvalue weighted by molar-refractivity contribution is 7.85. The zero-order valence-electron chi connectivity index (χ0n) is 10.1. The van der Waals surface area contributed by atoms with Crippen LogP contribution >= 0.6 is 0 Å². The van der Waals surface area contributed by atoms with Crippen LogP contribution in [0.25, 0.3) is 0 Å². The van der Waals surface area contributed by atoms with Crippen molar-refractivity contribution in [3.05, 3.63) is 17.0 Å². The molecule has 2 rings (SSSR count). The second-order valence-electron chi connectivity index (χ2n) is 4.40. The Morgan fingerprint density at radius 3 is 2.59 bits per heavy atom. The van der Waals surface area contributed by atoms with Crippen molar-refractivity contribution in [2.75, 3.05) is 11.5 Å². The first-order chi connectivity index (χ1) is 8.08. The van der Waals surface area contributed by atoms with Gasteiger partial charge in [0.15, 0.2) is 0 Å². The molecule has 0 spiro atoms. The number of nitrogens with zero attached hydrogens (tertiary/aromatic N) is 1. The molecular formula is C11H17N3O2S. The van der Waals surface area contributed by atoms with Crippen LogP contribution in [0.2, 0.25) is 0 Å². The van der Waals surface area contributed by atoms with Crippen LogP contribution in [0.15, 0.2) is 0 Å². The number of hydrogen-bond acceptors (Lipinski definition) is 3. The van der Waals surface area contributed by atoms with E-state index < -0.39 is 10.8 Å². The topological polar surface area (TPSA) is 74.8 Å². The third kappa shape index (κ3) is 2.74. The standard InChI is InChI=1S/C11H17N3O2S/c1-7-10(8(2)14-13-7)11(15)12-9-3-5-17(16)6-4-9/h9H,3-6H2,1-2H3,(H,12,15)(H,13,14). The van der Waals surface area contributed by atoms with Crippen molar-refractivity contribution in [1.82, 2.24) is 15.5 Å².